The molecule has 4 aromatic rings. The van der Waals surface area contributed by atoms with Crippen LogP contribution in [-0.2, 0) is 16.6 Å². The van der Waals surface area contributed by atoms with Gasteiger partial charge in [-0.05, 0) is 12.1 Å². The van der Waals surface area contributed by atoms with E-state index in [0.717, 1.165) is 22.0 Å². The average molecular weight is 462 g/mol. The van der Waals surface area contributed by atoms with Gasteiger partial charge in [0.25, 0.3) is 0 Å². The Balaban J connectivity index is 1.40. The molecule has 2 aromatic heterocycles. The van der Waals surface area contributed by atoms with E-state index in [0.29, 0.717) is 5.13 Å². The third-order valence-electron chi connectivity index (χ3n) is 5.57. The molecule has 2 amide bonds. The van der Waals surface area contributed by atoms with Crippen molar-refractivity contribution in [3.05, 3.63) is 72.8 Å². The number of imidazole rings is 1. The van der Waals surface area contributed by atoms with Crippen LogP contribution in [0.4, 0.5) is 15.2 Å². The molecule has 33 heavy (non-hydrogen) atoms. The minimum absolute atomic E-state index is 0.0172. The number of hydrogen-bond acceptors (Lipinski definition) is 5. The van der Waals surface area contributed by atoms with Gasteiger partial charge in [-0.25, -0.2) is 14.4 Å². The number of carbonyl (C=O) groups excluding carboxylic acids is 2. The number of aryl methyl sites for hydroxylation is 1. The van der Waals surface area contributed by atoms with Crippen LogP contribution in [0.5, 0.6) is 0 Å². The summed E-state index contributed by atoms with van der Waals surface area (Å²) in [6, 6.07) is 15.8. The van der Waals surface area contributed by atoms with Gasteiger partial charge in [0, 0.05) is 38.0 Å². The number of benzene rings is 2. The zero-order chi connectivity index (χ0) is 22.9. The lowest BCUT2D eigenvalue weighted by molar-refractivity contribution is -0.122. The molecule has 1 atom stereocenters. The van der Waals surface area contributed by atoms with E-state index in [1.54, 1.807) is 24.4 Å². The number of rotatable bonds is 5. The third-order valence-corrected chi connectivity index (χ3v) is 6.53. The lowest BCUT2D eigenvalue weighted by Crippen LogP contribution is -2.28. The van der Waals surface area contributed by atoms with E-state index in [-0.39, 0.29) is 30.5 Å². The number of carbonyl (C=O) groups is 2. The van der Waals surface area contributed by atoms with Crippen LogP contribution < -0.4 is 10.2 Å². The average Bonchev–Trinajstić information content (AvgIpc) is 3.53. The van der Waals surface area contributed by atoms with Crippen molar-refractivity contribution in [3.63, 3.8) is 0 Å². The van der Waals surface area contributed by atoms with Crippen LogP contribution in [0.15, 0.2) is 67.0 Å². The van der Waals surface area contributed by atoms with Gasteiger partial charge in [-0.2, -0.15) is 0 Å². The van der Waals surface area contributed by atoms with Crippen molar-refractivity contribution in [1.29, 1.82) is 0 Å². The Bertz CT molecular complexity index is 1330. The fourth-order valence-corrected chi connectivity index (χ4v) is 4.93. The van der Waals surface area contributed by atoms with Crippen molar-refractivity contribution in [3.8, 4) is 22.0 Å². The molecule has 1 aliphatic rings. The van der Waals surface area contributed by atoms with Crippen molar-refractivity contribution < 1.29 is 14.0 Å². The van der Waals surface area contributed by atoms with Gasteiger partial charge in [0.1, 0.15) is 5.82 Å². The molecule has 5 rings (SSSR count). The Morgan fingerprint density at radius 1 is 1.15 bits per heavy atom. The Hall–Kier alpha value is -3.85. The van der Waals surface area contributed by atoms with Crippen molar-refractivity contribution in [1.82, 2.24) is 14.5 Å². The lowest BCUT2D eigenvalue weighted by atomic mass is 10.1. The smallest absolute Gasteiger partial charge is 0.231 e. The summed E-state index contributed by atoms with van der Waals surface area (Å²) in [5.74, 6) is -0.939. The van der Waals surface area contributed by atoms with Gasteiger partial charge < -0.3 is 14.8 Å². The molecule has 0 radical (unpaired) electrons. The molecule has 1 unspecified atom stereocenters. The van der Waals surface area contributed by atoms with Crippen LogP contribution in [0.3, 0.4) is 0 Å². The molecule has 1 aliphatic heterocycles. The van der Waals surface area contributed by atoms with Crippen LogP contribution in [-0.4, -0.2) is 32.9 Å². The molecule has 0 aliphatic carbocycles. The number of nitrogens with one attached hydrogen (secondary N) is 1. The van der Waals surface area contributed by atoms with Crippen molar-refractivity contribution >= 4 is 34.0 Å². The summed E-state index contributed by atoms with van der Waals surface area (Å²) >= 11 is 1.33. The molecular formula is C24H20FN5O2S. The van der Waals surface area contributed by atoms with Gasteiger partial charge in [0.05, 0.1) is 22.2 Å². The summed E-state index contributed by atoms with van der Waals surface area (Å²) in [5, 5.41) is 3.29. The Morgan fingerprint density at radius 3 is 2.64 bits per heavy atom. The summed E-state index contributed by atoms with van der Waals surface area (Å²) in [6.07, 6.45) is 3.58. The predicted molar refractivity (Wildman–Crippen MR) is 125 cm³/mol. The third kappa shape index (κ3) is 4.03. The second-order valence-corrected chi connectivity index (χ2v) is 8.77. The normalized spacial score (nSPS) is 15.8. The minimum Gasteiger partial charge on any atom is -0.333 e. The Kier molecular flexibility index (Phi) is 5.47. The first-order valence-corrected chi connectivity index (χ1v) is 11.2. The van der Waals surface area contributed by atoms with Crippen LogP contribution >= 0.6 is 11.3 Å². The first kappa shape index (κ1) is 21.0. The highest BCUT2D eigenvalue weighted by Crippen LogP contribution is 2.38. The van der Waals surface area contributed by atoms with Crippen molar-refractivity contribution in [2.75, 3.05) is 16.8 Å². The van der Waals surface area contributed by atoms with E-state index in [4.69, 9.17) is 0 Å². The first-order valence-electron chi connectivity index (χ1n) is 10.4. The van der Waals surface area contributed by atoms with Gasteiger partial charge in [0.2, 0.25) is 11.8 Å². The number of amides is 2. The highest BCUT2D eigenvalue weighted by molar-refractivity contribution is 7.19. The number of thiazole rings is 1. The molecule has 166 valence electrons. The maximum atomic E-state index is 14.2. The lowest BCUT2D eigenvalue weighted by Gasteiger charge is -2.17. The molecule has 0 saturated carbocycles. The maximum absolute atomic E-state index is 14.2. The van der Waals surface area contributed by atoms with Crippen LogP contribution in [0.1, 0.15) is 6.42 Å². The largest absolute Gasteiger partial charge is 0.333 e. The Morgan fingerprint density at radius 2 is 1.91 bits per heavy atom. The number of anilines is 2. The number of nitrogens with zero attached hydrogens (tertiary/aromatic N) is 4. The summed E-state index contributed by atoms with van der Waals surface area (Å²) in [6.45, 7) is 0.120. The topological polar surface area (TPSA) is 80.1 Å². The summed E-state index contributed by atoms with van der Waals surface area (Å²) in [5.41, 5.74) is 1.82. The SMILES string of the molecule is Cn1ccnc1-c1sc(NC(=O)C2CC(=O)N(c3ccccc3F)C2)nc1-c1ccccc1. The minimum atomic E-state index is -0.599. The molecule has 0 spiro atoms. The van der Waals surface area contributed by atoms with E-state index < -0.39 is 11.7 Å². The number of para-hydroxylation sites is 1. The maximum Gasteiger partial charge on any atom is 0.231 e. The van der Waals surface area contributed by atoms with Crippen molar-refractivity contribution in [2.45, 2.75) is 6.42 Å². The van der Waals surface area contributed by atoms with Gasteiger partial charge in [0.15, 0.2) is 11.0 Å². The van der Waals surface area contributed by atoms with E-state index in [1.807, 2.05) is 48.1 Å². The Labute approximate surface area is 193 Å². The number of halogens is 1. The van der Waals surface area contributed by atoms with E-state index >= 15 is 0 Å². The first-order chi connectivity index (χ1) is 16.0. The van der Waals surface area contributed by atoms with E-state index in [2.05, 4.69) is 15.3 Å². The summed E-state index contributed by atoms with van der Waals surface area (Å²) < 4.78 is 16.1. The summed E-state index contributed by atoms with van der Waals surface area (Å²) in [4.78, 5) is 36.8. The second kappa shape index (κ2) is 8.59. The number of aromatic nitrogens is 3. The fraction of sp³-hybridized carbons (Fsp3) is 0.167. The van der Waals surface area contributed by atoms with Gasteiger partial charge in [-0.15, -0.1) is 0 Å². The van der Waals surface area contributed by atoms with Gasteiger partial charge in [-0.3, -0.25) is 9.59 Å². The zero-order valence-electron chi connectivity index (χ0n) is 17.7. The van der Waals surface area contributed by atoms with Crippen LogP contribution in [0, 0.1) is 11.7 Å². The van der Waals surface area contributed by atoms with E-state index in [9.17, 15) is 14.0 Å². The molecule has 1 fully saturated rings. The van der Waals surface area contributed by atoms with Crippen LogP contribution in [0.2, 0.25) is 0 Å². The van der Waals surface area contributed by atoms with Gasteiger partial charge in [-0.1, -0.05) is 53.8 Å². The highest BCUT2D eigenvalue weighted by atomic mass is 32.1. The zero-order valence-corrected chi connectivity index (χ0v) is 18.6. The van der Waals surface area contributed by atoms with Crippen LogP contribution in [0.25, 0.3) is 22.0 Å². The molecular weight excluding hydrogens is 441 g/mol. The van der Waals surface area contributed by atoms with E-state index in [1.165, 1.54) is 22.3 Å². The monoisotopic (exact) mass is 461 g/mol. The standard InChI is InChI=1S/C24H20FN5O2S/c1-29-12-11-26-22(29)21-20(15-7-3-2-4-8-15)27-24(33-21)28-23(32)16-13-19(31)30(14-16)18-10-6-5-9-17(18)25/h2-12,16H,13-14H2,1H3,(H,27,28,32). The summed E-state index contributed by atoms with van der Waals surface area (Å²) in [7, 11) is 1.90. The molecule has 2 aromatic carbocycles. The quantitative estimate of drug-likeness (QED) is 0.479. The molecule has 0 bridgehead atoms. The fourth-order valence-electron chi connectivity index (χ4n) is 3.90. The molecule has 3 heterocycles. The molecule has 9 heteroatoms. The molecule has 1 N–H and O–H groups in total. The highest BCUT2D eigenvalue weighted by Gasteiger charge is 2.36. The molecule has 7 nitrogen and oxygen atoms in total. The molecule has 1 saturated heterocycles. The second-order valence-electron chi connectivity index (χ2n) is 7.77. The van der Waals surface area contributed by atoms with Crippen molar-refractivity contribution in [2.24, 2.45) is 13.0 Å². The number of hydrogen-bond donors (Lipinski definition) is 1. The van der Waals surface area contributed by atoms with Gasteiger partial charge >= 0.3 is 0 Å². The predicted octanol–water partition coefficient (Wildman–Crippen LogP) is 4.34.